The van der Waals surface area contributed by atoms with Crippen molar-refractivity contribution in [2.75, 3.05) is 26.7 Å². The summed E-state index contributed by atoms with van der Waals surface area (Å²) in [6.45, 7) is 7.59. The maximum Gasteiger partial charge on any atom is 0.251 e. The number of hydrogen-bond donors (Lipinski definition) is 1. The van der Waals surface area contributed by atoms with Crippen LogP contribution in [0.15, 0.2) is 47.4 Å². The predicted molar refractivity (Wildman–Crippen MR) is 122 cm³/mol. The topological polar surface area (TPSA) is 75.7 Å². The van der Waals surface area contributed by atoms with Crippen molar-refractivity contribution in [2.24, 2.45) is 11.8 Å². The zero-order valence-corrected chi connectivity index (χ0v) is 19.5. The number of amides is 1. The Morgan fingerprint density at radius 2 is 1.81 bits per heavy atom. The number of hydrogen-bond acceptors (Lipinski definition) is 4. The number of piperidine rings is 1. The van der Waals surface area contributed by atoms with Crippen LogP contribution in [0, 0.1) is 18.8 Å². The molecule has 1 aliphatic rings. The molecule has 1 fully saturated rings. The van der Waals surface area contributed by atoms with Crippen LogP contribution >= 0.6 is 0 Å². The van der Waals surface area contributed by atoms with Crippen molar-refractivity contribution in [2.45, 2.75) is 38.5 Å². The van der Waals surface area contributed by atoms with Crippen LogP contribution in [0.3, 0.4) is 0 Å². The lowest BCUT2D eigenvalue weighted by atomic mass is 9.94. The van der Waals surface area contributed by atoms with Crippen molar-refractivity contribution in [3.8, 4) is 5.75 Å². The Hall–Kier alpha value is -2.38. The van der Waals surface area contributed by atoms with Crippen LogP contribution in [-0.2, 0) is 16.4 Å². The maximum atomic E-state index is 13.4. The van der Waals surface area contributed by atoms with Crippen LogP contribution in [0.1, 0.15) is 41.8 Å². The van der Waals surface area contributed by atoms with E-state index in [0.717, 1.165) is 6.42 Å². The highest BCUT2D eigenvalue weighted by atomic mass is 32.2. The molecule has 2 atom stereocenters. The third kappa shape index (κ3) is 5.46. The molecule has 0 radical (unpaired) electrons. The van der Waals surface area contributed by atoms with E-state index in [1.54, 1.807) is 12.1 Å². The number of rotatable bonds is 7. The van der Waals surface area contributed by atoms with E-state index < -0.39 is 10.0 Å². The molecule has 0 spiro atoms. The molecular weight excluding hydrogens is 412 g/mol. The number of carbonyl (C=O) groups is 1. The summed E-state index contributed by atoms with van der Waals surface area (Å²) in [5.74, 6) is 0.533. The van der Waals surface area contributed by atoms with Gasteiger partial charge in [0.2, 0.25) is 10.0 Å². The van der Waals surface area contributed by atoms with Gasteiger partial charge >= 0.3 is 0 Å². The number of nitrogens with zero attached hydrogens (tertiary/aromatic N) is 1. The number of carbonyl (C=O) groups excluding carboxylic acids is 1. The third-order valence-corrected chi connectivity index (χ3v) is 7.67. The molecular formula is C24H32N2O4S. The van der Waals surface area contributed by atoms with Gasteiger partial charge in [-0.05, 0) is 60.9 Å². The van der Waals surface area contributed by atoms with Gasteiger partial charge in [-0.15, -0.1) is 0 Å². The number of benzene rings is 2. The van der Waals surface area contributed by atoms with Crippen molar-refractivity contribution in [3.63, 3.8) is 0 Å². The van der Waals surface area contributed by atoms with E-state index in [-0.39, 0.29) is 28.4 Å². The SMILES string of the molecule is COc1ccc(C(=O)NCCc2ccccc2C)cc1S(=O)(=O)N1CC(C)CC(C)C1. The first-order valence-electron chi connectivity index (χ1n) is 10.7. The summed E-state index contributed by atoms with van der Waals surface area (Å²) in [4.78, 5) is 12.8. The van der Waals surface area contributed by atoms with E-state index in [2.05, 4.69) is 19.2 Å². The minimum Gasteiger partial charge on any atom is -0.495 e. The summed E-state index contributed by atoms with van der Waals surface area (Å²) in [5, 5.41) is 2.90. The van der Waals surface area contributed by atoms with Crippen LogP contribution in [0.4, 0.5) is 0 Å². The van der Waals surface area contributed by atoms with Gasteiger partial charge < -0.3 is 10.1 Å². The zero-order valence-electron chi connectivity index (χ0n) is 18.7. The molecule has 1 amide bonds. The highest BCUT2D eigenvalue weighted by molar-refractivity contribution is 7.89. The summed E-state index contributed by atoms with van der Waals surface area (Å²) in [6, 6.07) is 12.6. The summed E-state index contributed by atoms with van der Waals surface area (Å²) < 4.78 is 33.6. The van der Waals surface area contributed by atoms with Crippen molar-refractivity contribution in [1.29, 1.82) is 0 Å². The smallest absolute Gasteiger partial charge is 0.251 e. The van der Waals surface area contributed by atoms with Crippen molar-refractivity contribution in [3.05, 3.63) is 59.2 Å². The van der Waals surface area contributed by atoms with E-state index >= 15 is 0 Å². The van der Waals surface area contributed by atoms with E-state index in [9.17, 15) is 13.2 Å². The lowest BCUT2D eigenvalue weighted by Gasteiger charge is -2.34. The van der Waals surface area contributed by atoms with Crippen LogP contribution in [-0.4, -0.2) is 45.4 Å². The molecule has 0 aromatic heterocycles. The van der Waals surface area contributed by atoms with E-state index in [1.165, 1.54) is 28.6 Å². The molecule has 3 rings (SSSR count). The molecule has 2 aromatic carbocycles. The second-order valence-corrected chi connectivity index (χ2v) is 10.5. The molecule has 1 aliphatic heterocycles. The fraction of sp³-hybridized carbons (Fsp3) is 0.458. The van der Waals surface area contributed by atoms with Gasteiger partial charge in [-0.25, -0.2) is 8.42 Å². The number of methoxy groups -OCH3 is 1. The van der Waals surface area contributed by atoms with Gasteiger partial charge in [0, 0.05) is 25.2 Å². The molecule has 7 heteroatoms. The number of sulfonamides is 1. The van der Waals surface area contributed by atoms with Crippen LogP contribution in [0.2, 0.25) is 0 Å². The summed E-state index contributed by atoms with van der Waals surface area (Å²) in [5.41, 5.74) is 2.66. The lowest BCUT2D eigenvalue weighted by molar-refractivity contribution is 0.0954. The lowest BCUT2D eigenvalue weighted by Crippen LogP contribution is -2.42. The van der Waals surface area contributed by atoms with Gasteiger partial charge in [0.25, 0.3) is 5.91 Å². The molecule has 1 heterocycles. The molecule has 1 N–H and O–H groups in total. The molecule has 1 saturated heterocycles. The first-order chi connectivity index (χ1) is 14.7. The van der Waals surface area contributed by atoms with Gasteiger partial charge in [0.15, 0.2) is 0 Å². The van der Waals surface area contributed by atoms with Gasteiger partial charge in [-0.1, -0.05) is 38.1 Å². The quantitative estimate of drug-likeness (QED) is 0.707. The highest BCUT2D eigenvalue weighted by Crippen LogP contribution is 2.32. The number of aryl methyl sites for hydroxylation is 1. The summed E-state index contributed by atoms with van der Waals surface area (Å²) >= 11 is 0. The van der Waals surface area contributed by atoms with E-state index in [0.29, 0.717) is 31.6 Å². The molecule has 31 heavy (non-hydrogen) atoms. The molecule has 2 aromatic rings. The molecule has 0 saturated carbocycles. The average Bonchev–Trinajstić information content (AvgIpc) is 2.73. The van der Waals surface area contributed by atoms with Gasteiger partial charge in [-0.2, -0.15) is 4.31 Å². The van der Waals surface area contributed by atoms with Crippen LogP contribution < -0.4 is 10.1 Å². The predicted octanol–water partition coefficient (Wildman–Crippen LogP) is 3.64. The van der Waals surface area contributed by atoms with Crippen molar-refractivity contribution >= 4 is 15.9 Å². The average molecular weight is 445 g/mol. The fourth-order valence-electron chi connectivity index (χ4n) is 4.26. The molecule has 0 bridgehead atoms. The summed E-state index contributed by atoms with van der Waals surface area (Å²) in [7, 11) is -2.33. The monoisotopic (exact) mass is 444 g/mol. The summed E-state index contributed by atoms with van der Waals surface area (Å²) in [6.07, 6.45) is 1.72. The Labute approximate surface area is 185 Å². The van der Waals surface area contributed by atoms with Gasteiger partial charge in [0.1, 0.15) is 10.6 Å². The molecule has 2 unspecified atom stereocenters. The Morgan fingerprint density at radius 1 is 1.13 bits per heavy atom. The molecule has 0 aliphatic carbocycles. The Kier molecular flexibility index (Phi) is 7.38. The van der Waals surface area contributed by atoms with E-state index in [1.807, 2.05) is 31.2 Å². The number of ether oxygens (including phenoxy) is 1. The largest absolute Gasteiger partial charge is 0.495 e. The normalized spacial score (nSPS) is 19.7. The third-order valence-electron chi connectivity index (χ3n) is 5.82. The van der Waals surface area contributed by atoms with Crippen molar-refractivity contribution in [1.82, 2.24) is 9.62 Å². The Morgan fingerprint density at radius 3 is 2.45 bits per heavy atom. The second kappa shape index (κ2) is 9.83. The van der Waals surface area contributed by atoms with Crippen LogP contribution in [0.25, 0.3) is 0 Å². The molecule has 6 nitrogen and oxygen atoms in total. The second-order valence-electron chi connectivity index (χ2n) is 8.57. The van der Waals surface area contributed by atoms with E-state index in [4.69, 9.17) is 4.74 Å². The first-order valence-corrected chi connectivity index (χ1v) is 12.2. The minimum atomic E-state index is -3.77. The minimum absolute atomic E-state index is 0.0443. The Balaban J connectivity index is 1.78. The highest BCUT2D eigenvalue weighted by Gasteiger charge is 2.34. The maximum absolute atomic E-state index is 13.4. The fourth-order valence-corrected chi connectivity index (χ4v) is 6.13. The number of nitrogens with one attached hydrogen (secondary N) is 1. The van der Waals surface area contributed by atoms with Crippen LogP contribution in [0.5, 0.6) is 5.75 Å². The van der Waals surface area contributed by atoms with Gasteiger partial charge in [-0.3, -0.25) is 4.79 Å². The Bertz CT molecular complexity index is 1030. The standard InChI is InChI=1S/C24H32N2O4S/c1-17-13-18(2)16-26(15-17)31(28,29)23-14-21(9-10-22(23)30-4)24(27)25-12-11-20-8-6-5-7-19(20)3/h5-10,14,17-18H,11-13,15-16H2,1-4H3,(H,25,27). The van der Waals surface area contributed by atoms with Crippen molar-refractivity contribution < 1.29 is 17.9 Å². The zero-order chi connectivity index (χ0) is 22.6. The van der Waals surface area contributed by atoms with Gasteiger partial charge in [0.05, 0.1) is 7.11 Å². The first kappa shape index (κ1) is 23.3. The molecule has 168 valence electrons.